The average molecular weight is 610 g/mol. The number of anilines is 1. The van der Waals surface area contributed by atoms with E-state index in [2.05, 4.69) is 23.1 Å². The van der Waals surface area contributed by atoms with E-state index in [4.69, 9.17) is 16.3 Å². The largest absolute Gasteiger partial charge is 0.495 e. The van der Waals surface area contributed by atoms with E-state index in [0.29, 0.717) is 44.8 Å². The molecule has 3 aromatic rings. The molecule has 6 rings (SSSR count). The molecular weight excluding hydrogens is 577 g/mol. The number of likely N-dealkylation sites (tertiary alicyclic amines) is 1. The molecule has 0 radical (unpaired) electrons. The van der Waals surface area contributed by atoms with E-state index in [-0.39, 0.29) is 33.5 Å². The highest BCUT2D eigenvalue weighted by atomic mass is 35.5. The maximum absolute atomic E-state index is 13.8. The first-order valence-corrected chi connectivity index (χ1v) is 16.0. The van der Waals surface area contributed by atoms with Crippen molar-refractivity contribution in [3.63, 3.8) is 0 Å². The predicted molar refractivity (Wildman–Crippen MR) is 162 cm³/mol. The van der Waals surface area contributed by atoms with Crippen LogP contribution in [0.3, 0.4) is 0 Å². The molecule has 3 saturated heterocycles. The van der Waals surface area contributed by atoms with Crippen LogP contribution in [0.1, 0.15) is 41.6 Å². The Bertz CT molecular complexity index is 1610. The summed E-state index contributed by atoms with van der Waals surface area (Å²) in [6, 6.07) is 18.9. The molecule has 3 aromatic carbocycles. The van der Waals surface area contributed by atoms with Gasteiger partial charge in [-0.3, -0.25) is 4.79 Å². The van der Waals surface area contributed by atoms with Crippen LogP contribution in [0, 0.1) is 5.82 Å². The number of nitrogens with zero attached hydrogens (tertiary/aromatic N) is 3. The van der Waals surface area contributed by atoms with Gasteiger partial charge in [0.2, 0.25) is 10.0 Å². The summed E-state index contributed by atoms with van der Waals surface area (Å²) < 4.78 is 48.4. The highest BCUT2D eigenvalue weighted by Crippen LogP contribution is 2.42. The van der Waals surface area contributed by atoms with Crippen molar-refractivity contribution in [2.75, 3.05) is 38.2 Å². The molecule has 3 aliphatic heterocycles. The summed E-state index contributed by atoms with van der Waals surface area (Å²) in [5, 5.41) is 0.0924. The van der Waals surface area contributed by atoms with Gasteiger partial charge in [0.25, 0.3) is 5.91 Å². The molecule has 1 amide bonds. The molecule has 0 saturated carbocycles. The van der Waals surface area contributed by atoms with Gasteiger partial charge in [-0.1, -0.05) is 53.6 Å². The van der Waals surface area contributed by atoms with Crippen molar-refractivity contribution in [1.82, 2.24) is 9.21 Å². The number of halogens is 2. The van der Waals surface area contributed by atoms with Gasteiger partial charge in [-0.2, -0.15) is 4.31 Å². The molecule has 0 aliphatic carbocycles. The molecule has 7 nitrogen and oxygen atoms in total. The zero-order chi connectivity index (χ0) is 29.4. The maximum Gasteiger partial charge on any atom is 0.255 e. The molecule has 3 aliphatic rings. The third kappa shape index (κ3) is 5.53. The fourth-order valence-corrected chi connectivity index (χ4v) is 8.13. The van der Waals surface area contributed by atoms with E-state index < -0.39 is 15.8 Å². The van der Waals surface area contributed by atoms with Crippen LogP contribution in [0.4, 0.5) is 10.1 Å². The fraction of sp³-hybridized carbons (Fsp3) is 0.344. The number of piperidine rings is 1. The fourth-order valence-electron chi connectivity index (χ4n) is 6.42. The van der Waals surface area contributed by atoms with Crippen molar-refractivity contribution in [2.24, 2.45) is 0 Å². The van der Waals surface area contributed by atoms with Gasteiger partial charge in [-0.05, 0) is 67.6 Å². The minimum Gasteiger partial charge on any atom is -0.495 e. The Hall–Kier alpha value is -3.40. The number of methoxy groups -OCH3 is 1. The third-order valence-electron chi connectivity index (χ3n) is 8.53. The first-order chi connectivity index (χ1) is 20.2. The number of rotatable bonds is 6. The molecule has 2 unspecified atom stereocenters. The number of piperazine rings is 1. The lowest BCUT2D eigenvalue weighted by Crippen LogP contribution is -2.55. The Labute approximate surface area is 251 Å². The van der Waals surface area contributed by atoms with Crippen molar-refractivity contribution in [1.29, 1.82) is 0 Å². The maximum atomic E-state index is 13.8. The molecule has 2 atom stereocenters. The van der Waals surface area contributed by atoms with E-state index in [0.717, 1.165) is 30.2 Å². The third-order valence-corrected chi connectivity index (χ3v) is 10.7. The van der Waals surface area contributed by atoms with Crippen LogP contribution in [-0.2, 0) is 10.0 Å². The number of sulfonamides is 1. The predicted octanol–water partition coefficient (Wildman–Crippen LogP) is 5.85. The first kappa shape index (κ1) is 28.7. The lowest BCUT2D eigenvalue weighted by atomic mass is 10.0. The van der Waals surface area contributed by atoms with Crippen LogP contribution in [-0.4, -0.2) is 68.9 Å². The normalized spacial score (nSPS) is 21.0. The average Bonchev–Trinajstić information content (AvgIpc) is 3.25. The van der Waals surface area contributed by atoms with Crippen molar-refractivity contribution in [3.05, 3.63) is 94.3 Å². The number of ether oxygens (including phenoxy) is 1. The van der Waals surface area contributed by atoms with Gasteiger partial charge in [0.05, 0.1) is 28.3 Å². The van der Waals surface area contributed by atoms with Crippen molar-refractivity contribution in [2.45, 2.75) is 42.7 Å². The molecule has 10 heteroatoms. The van der Waals surface area contributed by atoms with E-state index in [1.807, 2.05) is 18.2 Å². The second-order valence-corrected chi connectivity index (χ2v) is 13.4. The number of hydrogen-bond donors (Lipinski definition) is 0. The van der Waals surface area contributed by atoms with Gasteiger partial charge in [-0.15, -0.1) is 0 Å². The van der Waals surface area contributed by atoms with Crippen LogP contribution >= 0.6 is 11.6 Å². The summed E-state index contributed by atoms with van der Waals surface area (Å²) in [6.07, 6.45) is 5.24. The highest BCUT2D eigenvalue weighted by molar-refractivity contribution is 7.89. The standard InChI is InChI=1S/C32H33ClFN3O4S/c1-41-31-12-10-27(42(39,40)36-15-13-23(14-16-36)17-22-5-3-2-4-6-22)19-30(31)37-25-8-9-26(37)21-35(20-25)32(38)28-11-7-24(34)18-29(28)33/h2-7,10-12,17-19,25-26H,8-9,13-16,20-21H2,1H3. The summed E-state index contributed by atoms with van der Waals surface area (Å²) in [7, 11) is -2.13. The van der Waals surface area contributed by atoms with Gasteiger partial charge >= 0.3 is 0 Å². The molecular formula is C32H33ClFN3O4S. The highest BCUT2D eigenvalue weighted by Gasteiger charge is 2.43. The molecule has 42 heavy (non-hydrogen) atoms. The molecule has 3 heterocycles. The van der Waals surface area contributed by atoms with Gasteiger partial charge in [0.1, 0.15) is 11.6 Å². The zero-order valence-electron chi connectivity index (χ0n) is 23.4. The summed E-state index contributed by atoms with van der Waals surface area (Å²) in [5.41, 5.74) is 3.37. The first-order valence-electron chi connectivity index (χ1n) is 14.2. The minimum absolute atomic E-state index is 0.0144. The van der Waals surface area contributed by atoms with E-state index >= 15 is 0 Å². The van der Waals surface area contributed by atoms with E-state index in [9.17, 15) is 17.6 Å². The minimum atomic E-state index is -3.71. The Balaban J connectivity index is 1.21. The second-order valence-electron chi connectivity index (χ2n) is 11.1. The van der Waals surface area contributed by atoms with Crippen LogP contribution < -0.4 is 9.64 Å². The number of carbonyl (C=O) groups is 1. The molecule has 0 spiro atoms. The Kier molecular flexibility index (Phi) is 8.00. The summed E-state index contributed by atoms with van der Waals surface area (Å²) in [5.74, 6) is -0.124. The Morgan fingerprint density at radius 1 is 0.976 bits per heavy atom. The van der Waals surface area contributed by atoms with Crippen molar-refractivity contribution in [3.8, 4) is 5.75 Å². The molecule has 3 fully saturated rings. The van der Waals surface area contributed by atoms with Crippen LogP contribution in [0.2, 0.25) is 5.02 Å². The monoisotopic (exact) mass is 609 g/mol. The summed E-state index contributed by atoms with van der Waals surface area (Å²) >= 11 is 6.19. The summed E-state index contributed by atoms with van der Waals surface area (Å²) in [6.45, 7) is 1.76. The molecule has 0 aromatic heterocycles. The Morgan fingerprint density at radius 3 is 2.31 bits per heavy atom. The smallest absolute Gasteiger partial charge is 0.255 e. The number of fused-ring (bicyclic) bond motifs is 2. The lowest BCUT2D eigenvalue weighted by Gasteiger charge is -2.43. The summed E-state index contributed by atoms with van der Waals surface area (Å²) in [4.78, 5) is 17.5. The van der Waals surface area contributed by atoms with Crippen LogP contribution in [0.5, 0.6) is 5.75 Å². The Morgan fingerprint density at radius 2 is 1.67 bits per heavy atom. The molecule has 2 bridgehead atoms. The molecule has 220 valence electrons. The van der Waals surface area contributed by atoms with Gasteiger partial charge in [0, 0.05) is 38.3 Å². The quantitative estimate of drug-likeness (QED) is 0.351. The molecule has 0 N–H and O–H groups in total. The topological polar surface area (TPSA) is 70.2 Å². The number of carbonyl (C=O) groups excluding carboxylic acids is 1. The van der Waals surface area contributed by atoms with Gasteiger partial charge in [0.15, 0.2) is 0 Å². The number of hydrogen-bond acceptors (Lipinski definition) is 5. The number of benzene rings is 3. The van der Waals surface area contributed by atoms with Gasteiger partial charge < -0.3 is 14.5 Å². The van der Waals surface area contributed by atoms with E-state index in [1.165, 1.54) is 17.7 Å². The lowest BCUT2D eigenvalue weighted by molar-refractivity contribution is 0.0718. The van der Waals surface area contributed by atoms with Crippen molar-refractivity contribution >= 4 is 39.3 Å². The zero-order valence-corrected chi connectivity index (χ0v) is 25.0. The SMILES string of the molecule is COc1ccc(S(=O)(=O)N2CCC(=Cc3ccccc3)CC2)cc1N1C2CCC1CN(C(=O)c1ccc(F)cc1Cl)C2. The van der Waals surface area contributed by atoms with E-state index in [1.54, 1.807) is 34.5 Å². The van der Waals surface area contributed by atoms with Crippen LogP contribution in [0.25, 0.3) is 6.08 Å². The van der Waals surface area contributed by atoms with Crippen LogP contribution in [0.15, 0.2) is 77.2 Å². The van der Waals surface area contributed by atoms with Gasteiger partial charge in [-0.25, -0.2) is 12.8 Å². The second kappa shape index (κ2) is 11.7. The number of amides is 1. The van der Waals surface area contributed by atoms with Crippen molar-refractivity contribution < 1.29 is 22.3 Å².